The number of anilines is 1. The van der Waals surface area contributed by atoms with E-state index in [0.29, 0.717) is 11.6 Å². The largest absolute Gasteiger partial charge is 0.383 e. The average Bonchev–Trinajstić information content (AvgIpc) is 3.52. The maximum Gasteiger partial charge on any atom is 0.255 e. The van der Waals surface area contributed by atoms with E-state index in [1.54, 1.807) is 6.20 Å². The van der Waals surface area contributed by atoms with Gasteiger partial charge in [-0.3, -0.25) is 14.4 Å². The molecule has 35 heavy (non-hydrogen) atoms. The topological polar surface area (TPSA) is 101 Å². The molecular weight excluding hydrogens is 438 g/mol. The third-order valence-electron chi connectivity index (χ3n) is 7.29. The number of nitrogens with zero attached hydrogens (tertiary/aromatic N) is 4. The van der Waals surface area contributed by atoms with Crippen LogP contribution in [0.3, 0.4) is 0 Å². The first-order valence-electron chi connectivity index (χ1n) is 12.6. The van der Waals surface area contributed by atoms with Gasteiger partial charge in [-0.1, -0.05) is 23.8 Å². The summed E-state index contributed by atoms with van der Waals surface area (Å²) in [6.45, 7) is 8.99. The molecule has 2 saturated heterocycles. The van der Waals surface area contributed by atoms with E-state index in [4.69, 9.17) is 5.73 Å². The van der Waals surface area contributed by atoms with Crippen LogP contribution >= 0.6 is 0 Å². The van der Waals surface area contributed by atoms with Crippen LogP contribution in [-0.4, -0.2) is 57.8 Å². The number of carbonyl (C=O) groups excluding carboxylic acids is 1. The number of rotatable bonds is 6. The molecule has 0 unspecified atom stereocenters. The summed E-state index contributed by atoms with van der Waals surface area (Å²) >= 11 is 0. The Balaban J connectivity index is 1.23. The summed E-state index contributed by atoms with van der Waals surface area (Å²) in [5.74, 6) is 0.0865. The molecule has 4 N–H and O–H groups in total. The molecule has 2 fully saturated rings. The van der Waals surface area contributed by atoms with Crippen LogP contribution in [0.15, 0.2) is 42.9 Å². The number of aromatic nitrogens is 3. The first kappa shape index (κ1) is 23.5. The number of hydrogen-bond donors (Lipinski definition) is 3. The van der Waals surface area contributed by atoms with Crippen molar-refractivity contribution >= 4 is 11.7 Å². The van der Waals surface area contributed by atoms with Gasteiger partial charge in [-0.15, -0.1) is 0 Å². The molecule has 0 spiro atoms. The highest BCUT2D eigenvalue weighted by Crippen LogP contribution is 2.25. The number of nitrogens with one attached hydrogen (secondary N) is 2. The van der Waals surface area contributed by atoms with Crippen LogP contribution in [-0.2, 0) is 6.54 Å². The molecule has 2 aliphatic heterocycles. The molecular formula is C27H35N7O. The Kier molecular flexibility index (Phi) is 6.83. The quantitative estimate of drug-likeness (QED) is 0.509. The zero-order chi connectivity index (χ0) is 24.4. The zero-order valence-corrected chi connectivity index (χ0v) is 20.6. The van der Waals surface area contributed by atoms with Gasteiger partial charge in [0, 0.05) is 49.2 Å². The van der Waals surface area contributed by atoms with Gasteiger partial charge in [-0.05, 0) is 63.4 Å². The van der Waals surface area contributed by atoms with E-state index >= 15 is 0 Å². The molecule has 0 saturated carbocycles. The Labute approximate surface area is 206 Å². The lowest BCUT2D eigenvalue weighted by molar-refractivity contribution is 0.0938. The van der Waals surface area contributed by atoms with E-state index in [1.165, 1.54) is 16.7 Å². The summed E-state index contributed by atoms with van der Waals surface area (Å²) in [6.07, 6.45) is 8.67. The lowest BCUT2D eigenvalue weighted by atomic mass is 10.1. The molecule has 2 aliphatic rings. The van der Waals surface area contributed by atoms with Gasteiger partial charge in [0.1, 0.15) is 5.82 Å². The van der Waals surface area contributed by atoms with Crippen LogP contribution in [0.5, 0.6) is 0 Å². The van der Waals surface area contributed by atoms with Crippen molar-refractivity contribution in [3.8, 4) is 11.1 Å². The minimum Gasteiger partial charge on any atom is -0.383 e. The van der Waals surface area contributed by atoms with E-state index < -0.39 is 0 Å². The third-order valence-corrected chi connectivity index (χ3v) is 7.29. The standard InChI is InChI=1S/C27H35N7O/c1-18-3-4-19(2)21(11-18)15-33-10-7-23(17-33)32-27(35)25-12-20(13-30-26(25)28)22-14-31-34(16-22)24-5-8-29-9-6-24/h3-4,11-14,16,23-24,29H,5-10,15,17H2,1-2H3,(H2,28,30)(H,32,35)/t23-/m1/s1. The highest BCUT2D eigenvalue weighted by Gasteiger charge is 2.26. The number of carbonyl (C=O) groups is 1. The van der Waals surface area contributed by atoms with Crippen LogP contribution in [0.25, 0.3) is 11.1 Å². The van der Waals surface area contributed by atoms with Gasteiger partial charge >= 0.3 is 0 Å². The van der Waals surface area contributed by atoms with Crippen molar-refractivity contribution in [3.05, 3.63) is 65.1 Å². The molecule has 0 radical (unpaired) electrons. The maximum atomic E-state index is 13.1. The van der Waals surface area contributed by atoms with Gasteiger partial charge in [0.2, 0.25) is 0 Å². The normalized spacial score (nSPS) is 19.2. The summed E-state index contributed by atoms with van der Waals surface area (Å²) < 4.78 is 2.04. The second kappa shape index (κ2) is 10.2. The minimum absolute atomic E-state index is 0.0957. The van der Waals surface area contributed by atoms with Gasteiger partial charge in [-0.25, -0.2) is 4.98 Å². The van der Waals surface area contributed by atoms with Crippen LogP contribution < -0.4 is 16.4 Å². The summed E-state index contributed by atoms with van der Waals surface area (Å²) in [5, 5.41) is 11.1. The number of likely N-dealkylation sites (tertiary alicyclic amines) is 1. The molecule has 1 amide bonds. The predicted octanol–water partition coefficient (Wildman–Crippen LogP) is 3.07. The molecule has 3 aromatic rings. The van der Waals surface area contributed by atoms with E-state index in [2.05, 4.69) is 57.7 Å². The van der Waals surface area contributed by atoms with Crippen molar-refractivity contribution in [2.75, 3.05) is 31.9 Å². The molecule has 0 bridgehead atoms. The minimum atomic E-state index is -0.166. The Bertz CT molecular complexity index is 1200. The lowest BCUT2D eigenvalue weighted by Gasteiger charge is -2.22. The van der Waals surface area contributed by atoms with Gasteiger partial charge in [0.25, 0.3) is 5.91 Å². The monoisotopic (exact) mass is 473 g/mol. The van der Waals surface area contributed by atoms with E-state index in [-0.39, 0.29) is 17.8 Å². The summed E-state index contributed by atoms with van der Waals surface area (Å²) in [4.78, 5) is 19.9. The fourth-order valence-electron chi connectivity index (χ4n) is 5.14. The Morgan fingerprint density at radius 1 is 1.14 bits per heavy atom. The summed E-state index contributed by atoms with van der Waals surface area (Å²) in [6, 6.07) is 8.92. The Hall–Kier alpha value is -3.23. The summed E-state index contributed by atoms with van der Waals surface area (Å²) in [7, 11) is 0. The van der Waals surface area contributed by atoms with Crippen LogP contribution in [0.4, 0.5) is 5.82 Å². The van der Waals surface area contributed by atoms with Crippen molar-refractivity contribution < 1.29 is 4.79 Å². The number of piperidine rings is 1. The van der Waals surface area contributed by atoms with Crippen LogP contribution in [0.2, 0.25) is 0 Å². The Morgan fingerprint density at radius 2 is 1.97 bits per heavy atom. The van der Waals surface area contributed by atoms with Crippen LogP contribution in [0.1, 0.15) is 52.4 Å². The average molecular weight is 474 g/mol. The second-order valence-electron chi connectivity index (χ2n) is 9.97. The smallest absolute Gasteiger partial charge is 0.255 e. The predicted molar refractivity (Wildman–Crippen MR) is 138 cm³/mol. The number of pyridine rings is 1. The van der Waals surface area contributed by atoms with Crippen molar-refractivity contribution in [2.24, 2.45) is 0 Å². The molecule has 8 nitrogen and oxygen atoms in total. The number of nitrogen functional groups attached to an aromatic ring is 1. The molecule has 5 rings (SSSR count). The summed E-state index contributed by atoms with van der Waals surface area (Å²) in [5.41, 5.74) is 12.3. The first-order valence-corrected chi connectivity index (χ1v) is 12.6. The van der Waals surface area contributed by atoms with E-state index in [9.17, 15) is 4.79 Å². The first-order chi connectivity index (χ1) is 17.0. The fraction of sp³-hybridized carbons (Fsp3) is 0.444. The van der Waals surface area contributed by atoms with Gasteiger partial charge in [0.15, 0.2) is 0 Å². The Morgan fingerprint density at radius 3 is 2.80 bits per heavy atom. The molecule has 2 aromatic heterocycles. The number of amides is 1. The van der Waals surface area contributed by atoms with E-state index in [1.807, 2.05) is 23.1 Å². The number of nitrogens with two attached hydrogens (primary N) is 1. The van der Waals surface area contributed by atoms with Gasteiger partial charge in [0.05, 0.1) is 17.8 Å². The van der Waals surface area contributed by atoms with Gasteiger partial charge in [-0.2, -0.15) is 5.10 Å². The lowest BCUT2D eigenvalue weighted by Crippen LogP contribution is -2.37. The number of aryl methyl sites for hydroxylation is 2. The SMILES string of the molecule is Cc1ccc(C)c(CN2CC[C@@H](NC(=O)c3cc(-c4cnn(C5CCNCC5)c4)cnc3N)C2)c1. The van der Waals surface area contributed by atoms with Crippen molar-refractivity contribution in [1.82, 2.24) is 30.3 Å². The molecule has 0 aliphatic carbocycles. The third kappa shape index (κ3) is 5.39. The molecule has 8 heteroatoms. The number of benzene rings is 1. The highest BCUT2D eigenvalue weighted by atomic mass is 16.1. The van der Waals surface area contributed by atoms with Gasteiger partial charge < -0.3 is 16.4 Å². The number of hydrogen-bond acceptors (Lipinski definition) is 6. The van der Waals surface area contributed by atoms with Crippen molar-refractivity contribution in [1.29, 1.82) is 0 Å². The highest BCUT2D eigenvalue weighted by molar-refractivity contribution is 5.99. The second-order valence-corrected chi connectivity index (χ2v) is 9.97. The molecule has 184 valence electrons. The zero-order valence-electron chi connectivity index (χ0n) is 20.6. The molecule has 1 atom stereocenters. The molecule has 1 aromatic carbocycles. The fourth-order valence-corrected chi connectivity index (χ4v) is 5.14. The van der Waals surface area contributed by atoms with Crippen LogP contribution in [0, 0.1) is 13.8 Å². The molecule has 4 heterocycles. The van der Waals surface area contributed by atoms with Crippen molar-refractivity contribution in [2.45, 2.75) is 51.7 Å². The van der Waals surface area contributed by atoms with Crippen molar-refractivity contribution in [3.63, 3.8) is 0 Å². The maximum absolute atomic E-state index is 13.1. The van der Waals surface area contributed by atoms with E-state index in [0.717, 1.165) is 63.1 Å².